The van der Waals surface area contributed by atoms with Crippen molar-refractivity contribution in [3.8, 4) is 0 Å². The Kier molecular flexibility index (Phi) is 4.81. The summed E-state index contributed by atoms with van der Waals surface area (Å²) in [6.07, 6.45) is 2.74. The number of hydrogen-bond donors (Lipinski definition) is 0. The molecule has 0 atom stereocenters. The zero-order chi connectivity index (χ0) is 18.0. The van der Waals surface area contributed by atoms with Gasteiger partial charge in [0.2, 0.25) is 0 Å². The predicted octanol–water partition coefficient (Wildman–Crippen LogP) is 4.20. The Bertz CT molecular complexity index is 983. The van der Waals surface area contributed by atoms with Gasteiger partial charge in [-0.15, -0.1) is 0 Å². The number of hydrogen-bond acceptors (Lipinski definition) is 3. The van der Waals surface area contributed by atoms with Gasteiger partial charge in [0.15, 0.2) is 0 Å². The molecular formula is C18H13ClF2N2O2. The van der Waals surface area contributed by atoms with E-state index in [0.29, 0.717) is 27.2 Å². The van der Waals surface area contributed by atoms with Crippen LogP contribution in [-0.2, 0) is 16.1 Å². The van der Waals surface area contributed by atoms with Gasteiger partial charge in [0, 0.05) is 28.1 Å². The molecule has 0 fully saturated rings. The Morgan fingerprint density at radius 2 is 2.08 bits per heavy atom. The lowest BCUT2D eigenvalue weighted by Gasteiger charge is -2.05. The first-order valence-corrected chi connectivity index (χ1v) is 7.72. The van der Waals surface area contributed by atoms with Crippen LogP contribution < -0.4 is 0 Å². The average molecular weight is 363 g/mol. The summed E-state index contributed by atoms with van der Waals surface area (Å²) in [7, 11) is 1.28. The van der Waals surface area contributed by atoms with Crippen LogP contribution in [-0.4, -0.2) is 22.9 Å². The number of carbonyl (C=O) groups is 1. The molecule has 0 unspecified atom stereocenters. The summed E-state index contributed by atoms with van der Waals surface area (Å²) < 4.78 is 33.1. The molecule has 0 aliphatic rings. The zero-order valence-electron chi connectivity index (χ0n) is 13.2. The molecule has 7 heteroatoms. The predicted molar refractivity (Wildman–Crippen MR) is 91.3 cm³/mol. The number of methoxy groups -OCH3 is 1. The Labute approximate surface area is 147 Å². The van der Waals surface area contributed by atoms with E-state index >= 15 is 0 Å². The standard InChI is InChI=1S/C18H13ClF2N2O2/c1-25-18(24)7-5-16-14-8-12(19)3-6-17(14)23(22-16)10-11-2-4-13(20)9-15(11)21/h2-9H,10H2,1H3/b7-5+. The number of aromatic nitrogens is 2. The van der Waals surface area contributed by atoms with Crippen molar-refractivity contribution in [3.63, 3.8) is 0 Å². The molecule has 0 radical (unpaired) electrons. The molecule has 0 aliphatic carbocycles. The van der Waals surface area contributed by atoms with E-state index in [1.165, 1.54) is 31.4 Å². The first kappa shape index (κ1) is 17.1. The van der Waals surface area contributed by atoms with Crippen molar-refractivity contribution in [1.82, 2.24) is 9.78 Å². The van der Waals surface area contributed by atoms with Crippen LogP contribution in [0, 0.1) is 11.6 Å². The summed E-state index contributed by atoms with van der Waals surface area (Å²) in [5.41, 5.74) is 1.49. The van der Waals surface area contributed by atoms with Gasteiger partial charge < -0.3 is 4.74 Å². The molecule has 1 aromatic heterocycles. The van der Waals surface area contributed by atoms with Gasteiger partial charge in [-0.25, -0.2) is 13.6 Å². The van der Waals surface area contributed by atoms with Gasteiger partial charge in [-0.2, -0.15) is 5.10 Å². The molecule has 0 aliphatic heterocycles. The summed E-state index contributed by atoms with van der Waals surface area (Å²) in [5, 5.41) is 5.61. The molecule has 0 bridgehead atoms. The Morgan fingerprint density at radius 3 is 2.80 bits per heavy atom. The minimum Gasteiger partial charge on any atom is -0.466 e. The van der Waals surface area contributed by atoms with Gasteiger partial charge in [0.1, 0.15) is 11.6 Å². The molecule has 3 aromatic rings. The van der Waals surface area contributed by atoms with Crippen molar-refractivity contribution < 1.29 is 18.3 Å². The number of rotatable bonds is 4. The monoisotopic (exact) mass is 362 g/mol. The molecule has 4 nitrogen and oxygen atoms in total. The van der Waals surface area contributed by atoms with Crippen LogP contribution in [0.3, 0.4) is 0 Å². The fourth-order valence-electron chi connectivity index (χ4n) is 2.45. The van der Waals surface area contributed by atoms with E-state index in [1.807, 2.05) is 0 Å². The number of benzene rings is 2. The van der Waals surface area contributed by atoms with E-state index in [2.05, 4.69) is 9.84 Å². The molecule has 25 heavy (non-hydrogen) atoms. The lowest BCUT2D eigenvalue weighted by atomic mass is 10.2. The highest BCUT2D eigenvalue weighted by atomic mass is 35.5. The third-order valence-corrected chi connectivity index (χ3v) is 3.89. The SMILES string of the molecule is COC(=O)/C=C/c1nn(Cc2ccc(F)cc2F)c2ccc(Cl)cc12. The molecule has 1 heterocycles. The van der Waals surface area contributed by atoms with E-state index < -0.39 is 17.6 Å². The van der Waals surface area contributed by atoms with Gasteiger partial charge in [-0.05, 0) is 30.3 Å². The van der Waals surface area contributed by atoms with E-state index in [4.69, 9.17) is 11.6 Å². The van der Waals surface area contributed by atoms with Gasteiger partial charge in [0.25, 0.3) is 0 Å². The van der Waals surface area contributed by atoms with Gasteiger partial charge >= 0.3 is 5.97 Å². The van der Waals surface area contributed by atoms with E-state index in [1.54, 1.807) is 22.9 Å². The number of halogens is 3. The van der Waals surface area contributed by atoms with Gasteiger partial charge in [-0.1, -0.05) is 17.7 Å². The van der Waals surface area contributed by atoms with Crippen molar-refractivity contribution in [2.45, 2.75) is 6.54 Å². The van der Waals surface area contributed by atoms with Crippen molar-refractivity contribution in [2.75, 3.05) is 7.11 Å². The van der Waals surface area contributed by atoms with Crippen LogP contribution in [0.25, 0.3) is 17.0 Å². The first-order valence-electron chi connectivity index (χ1n) is 7.34. The largest absolute Gasteiger partial charge is 0.466 e. The van der Waals surface area contributed by atoms with E-state index in [0.717, 1.165) is 6.07 Å². The molecule has 128 valence electrons. The second kappa shape index (κ2) is 7.03. The Balaban J connectivity index is 2.06. The summed E-state index contributed by atoms with van der Waals surface area (Å²) in [6, 6.07) is 8.55. The molecule has 0 saturated heterocycles. The lowest BCUT2D eigenvalue weighted by molar-refractivity contribution is -0.134. The summed E-state index contributed by atoms with van der Waals surface area (Å²) in [5.74, 6) is -1.81. The minimum absolute atomic E-state index is 0.107. The number of carbonyl (C=O) groups excluding carboxylic acids is 1. The number of ether oxygens (including phenoxy) is 1. The van der Waals surface area contributed by atoms with Crippen LogP contribution in [0.1, 0.15) is 11.3 Å². The smallest absolute Gasteiger partial charge is 0.330 e. The maximum atomic E-state index is 13.9. The maximum absolute atomic E-state index is 13.9. The zero-order valence-corrected chi connectivity index (χ0v) is 13.9. The molecule has 0 amide bonds. The number of nitrogens with zero attached hydrogens (tertiary/aromatic N) is 2. The molecular weight excluding hydrogens is 350 g/mol. The summed E-state index contributed by atoms with van der Waals surface area (Å²) in [4.78, 5) is 11.3. The summed E-state index contributed by atoms with van der Waals surface area (Å²) >= 11 is 6.04. The lowest BCUT2D eigenvalue weighted by Crippen LogP contribution is -2.04. The molecule has 2 aromatic carbocycles. The minimum atomic E-state index is -0.649. The van der Waals surface area contributed by atoms with Crippen LogP contribution in [0.15, 0.2) is 42.5 Å². The Hall–Kier alpha value is -2.73. The third kappa shape index (κ3) is 3.69. The highest BCUT2D eigenvalue weighted by Crippen LogP contribution is 2.25. The first-order chi connectivity index (χ1) is 12.0. The molecule has 0 N–H and O–H groups in total. The highest BCUT2D eigenvalue weighted by Gasteiger charge is 2.12. The van der Waals surface area contributed by atoms with Crippen LogP contribution in [0.4, 0.5) is 8.78 Å². The van der Waals surface area contributed by atoms with E-state index in [-0.39, 0.29) is 6.54 Å². The van der Waals surface area contributed by atoms with Gasteiger partial charge in [0.05, 0.1) is 24.9 Å². The number of fused-ring (bicyclic) bond motifs is 1. The maximum Gasteiger partial charge on any atom is 0.330 e. The van der Waals surface area contributed by atoms with Gasteiger partial charge in [-0.3, -0.25) is 4.68 Å². The molecule has 3 rings (SSSR count). The highest BCUT2D eigenvalue weighted by molar-refractivity contribution is 6.31. The molecule has 0 saturated carbocycles. The van der Waals surface area contributed by atoms with E-state index in [9.17, 15) is 13.6 Å². The summed E-state index contributed by atoms with van der Waals surface area (Å²) in [6.45, 7) is 0.107. The fourth-order valence-corrected chi connectivity index (χ4v) is 2.62. The van der Waals surface area contributed by atoms with Crippen molar-refractivity contribution >= 4 is 34.5 Å². The van der Waals surface area contributed by atoms with Crippen LogP contribution in [0.5, 0.6) is 0 Å². The van der Waals surface area contributed by atoms with Crippen molar-refractivity contribution in [1.29, 1.82) is 0 Å². The quantitative estimate of drug-likeness (QED) is 0.516. The third-order valence-electron chi connectivity index (χ3n) is 3.65. The topological polar surface area (TPSA) is 44.1 Å². The normalized spacial score (nSPS) is 11.4. The number of esters is 1. The van der Waals surface area contributed by atoms with Crippen molar-refractivity contribution in [2.24, 2.45) is 0 Å². The second-order valence-corrected chi connectivity index (χ2v) is 5.73. The second-order valence-electron chi connectivity index (χ2n) is 5.30. The molecule has 0 spiro atoms. The average Bonchev–Trinajstić information content (AvgIpc) is 2.92. The van der Waals surface area contributed by atoms with Crippen LogP contribution in [0.2, 0.25) is 5.02 Å². The fraction of sp³-hybridized carbons (Fsp3) is 0.111. The van der Waals surface area contributed by atoms with Crippen molar-refractivity contribution in [3.05, 3.63) is 70.4 Å². The Morgan fingerprint density at radius 1 is 1.28 bits per heavy atom. The van der Waals surface area contributed by atoms with Crippen LogP contribution >= 0.6 is 11.6 Å².